The predicted octanol–water partition coefficient (Wildman–Crippen LogP) is 3.57. The van der Waals surface area contributed by atoms with Crippen LogP contribution in [0.3, 0.4) is 0 Å². The van der Waals surface area contributed by atoms with E-state index in [0.29, 0.717) is 18.6 Å². The lowest BCUT2D eigenvalue weighted by Crippen LogP contribution is -2.27. The Morgan fingerprint density at radius 2 is 1.89 bits per heavy atom. The molecular weight excluding hydrogens is 224 g/mol. The normalized spacial score (nSPS) is 12.7. The lowest BCUT2D eigenvalue weighted by molar-refractivity contribution is 0.329. The van der Waals surface area contributed by atoms with Crippen LogP contribution in [0.25, 0.3) is 0 Å². The van der Waals surface area contributed by atoms with Crippen LogP contribution in [0.4, 0.5) is 0 Å². The second-order valence-electron chi connectivity index (χ2n) is 4.50. The van der Waals surface area contributed by atoms with E-state index in [9.17, 15) is 0 Å². The van der Waals surface area contributed by atoms with Gasteiger partial charge in [-0.3, -0.25) is 4.98 Å². The van der Waals surface area contributed by atoms with Crippen molar-refractivity contribution in [3.05, 3.63) is 24.0 Å². The van der Waals surface area contributed by atoms with E-state index in [1.165, 1.54) is 18.4 Å². The Kier molecular flexibility index (Phi) is 6.73. The Labute approximate surface area is 111 Å². The number of aromatic nitrogens is 1. The van der Waals surface area contributed by atoms with Crippen molar-refractivity contribution in [2.45, 2.75) is 46.6 Å². The first-order valence-electron chi connectivity index (χ1n) is 7.07. The Balaban J connectivity index is 2.93. The molecule has 0 aromatic carbocycles. The molecule has 0 spiro atoms. The third-order valence-electron chi connectivity index (χ3n) is 3.35. The molecule has 0 bridgehead atoms. The van der Waals surface area contributed by atoms with Gasteiger partial charge < -0.3 is 10.1 Å². The van der Waals surface area contributed by atoms with E-state index in [-0.39, 0.29) is 0 Å². The summed E-state index contributed by atoms with van der Waals surface area (Å²) in [4.78, 5) is 4.29. The Hall–Kier alpha value is -1.09. The topological polar surface area (TPSA) is 34.2 Å². The first-order chi connectivity index (χ1) is 8.76. The summed E-state index contributed by atoms with van der Waals surface area (Å²) in [5.74, 6) is 1.51. The van der Waals surface area contributed by atoms with Crippen LogP contribution in [0.15, 0.2) is 18.5 Å². The van der Waals surface area contributed by atoms with Gasteiger partial charge in [0.2, 0.25) is 0 Å². The predicted molar refractivity (Wildman–Crippen MR) is 75.9 cm³/mol. The largest absolute Gasteiger partial charge is 0.492 e. The van der Waals surface area contributed by atoms with Gasteiger partial charge in [-0.1, -0.05) is 33.6 Å². The molecule has 1 heterocycles. The van der Waals surface area contributed by atoms with Crippen molar-refractivity contribution in [1.29, 1.82) is 0 Å². The van der Waals surface area contributed by atoms with Crippen LogP contribution in [0.2, 0.25) is 0 Å². The van der Waals surface area contributed by atoms with Gasteiger partial charge in [0.05, 0.1) is 12.8 Å². The molecule has 1 N–H and O–H groups in total. The lowest BCUT2D eigenvalue weighted by atomic mass is 9.89. The zero-order valence-corrected chi connectivity index (χ0v) is 12.1. The summed E-state index contributed by atoms with van der Waals surface area (Å²) in [6, 6.07) is 2.49. The van der Waals surface area contributed by atoms with Gasteiger partial charge in [0.15, 0.2) is 0 Å². The number of nitrogens with zero attached hydrogens (tertiary/aromatic N) is 1. The molecule has 1 rings (SSSR count). The molecule has 1 aromatic rings. The van der Waals surface area contributed by atoms with Gasteiger partial charge in [0.1, 0.15) is 5.75 Å². The molecule has 1 unspecified atom stereocenters. The number of hydrogen-bond acceptors (Lipinski definition) is 3. The summed E-state index contributed by atoms with van der Waals surface area (Å²) in [6.07, 6.45) is 6.08. The van der Waals surface area contributed by atoms with E-state index in [4.69, 9.17) is 4.74 Å². The maximum atomic E-state index is 5.53. The number of pyridine rings is 1. The van der Waals surface area contributed by atoms with E-state index in [0.717, 1.165) is 12.3 Å². The molecule has 0 saturated heterocycles. The maximum absolute atomic E-state index is 5.53. The molecule has 0 amide bonds. The van der Waals surface area contributed by atoms with E-state index >= 15 is 0 Å². The minimum atomic E-state index is 0.373. The van der Waals surface area contributed by atoms with Crippen molar-refractivity contribution in [1.82, 2.24) is 10.3 Å². The van der Waals surface area contributed by atoms with E-state index in [1.54, 1.807) is 6.20 Å². The van der Waals surface area contributed by atoms with Crippen molar-refractivity contribution < 1.29 is 4.74 Å². The fourth-order valence-electron chi connectivity index (χ4n) is 2.39. The molecule has 0 radical (unpaired) electrons. The minimum absolute atomic E-state index is 0.373. The standard InChI is InChI=1S/C15H26N2O/c1-5-12(6-2)15(17-7-3)13-9-14(18-8-4)11-16-10-13/h9-12,15,17H,5-8H2,1-4H3. The van der Waals surface area contributed by atoms with Crippen molar-refractivity contribution in [3.63, 3.8) is 0 Å². The van der Waals surface area contributed by atoms with Gasteiger partial charge in [0, 0.05) is 12.2 Å². The summed E-state index contributed by atoms with van der Waals surface area (Å²) in [7, 11) is 0. The highest BCUT2D eigenvalue weighted by molar-refractivity contribution is 5.26. The molecule has 0 saturated carbocycles. The summed E-state index contributed by atoms with van der Waals surface area (Å²) in [5.41, 5.74) is 1.23. The van der Waals surface area contributed by atoms with E-state index in [2.05, 4.69) is 37.1 Å². The maximum Gasteiger partial charge on any atom is 0.137 e. The Morgan fingerprint density at radius 1 is 1.17 bits per heavy atom. The van der Waals surface area contributed by atoms with Crippen LogP contribution in [-0.2, 0) is 0 Å². The molecule has 3 heteroatoms. The molecule has 0 aliphatic carbocycles. The molecule has 0 fully saturated rings. The highest BCUT2D eigenvalue weighted by Gasteiger charge is 2.20. The number of ether oxygens (including phenoxy) is 1. The third-order valence-corrected chi connectivity index (χ3v) is 3.35. The van der Waals surface area contributed by atoms with Crippen LogP contribution < -0.4 is 10.1 Å². The molecular formula is C15H26N2O. The van der Waals surface area contributed by atoms with Gasteiger partial charge in [-0.15, -0.1) is 0 Å². The van der Waals surface area contributed by atoms with Gasteiger partial charge in [-0.2, -0.15) is 0 Å². The molecule has 0 aliphatic rings. The number of hydrogen-bond donors (Lipinski definition) is 1. The zero-order valence-electron chi connectivity index (χ0n) is 12.1. The smallest absolute Gasteiger partial charge is 0.137 e. The van der Waals surface area contributed by atoms with Crippen molar-refractivity contribution >= 4 is 0 Å². The highest BCUT2D eigenvalue weighted by Crippen LogP contribution is 2.28. The van der Waals surface area contributed by atoms with Crippen LogP contribution in [0, 0.1) is 5.92 Å². The summed E-state index contributed by atoms with van der Waals surface area (Å²) in [6.45, 7) is 10.3. The first kappa shape index (κ1) is 15.0. The van der Waals surface area contributed by atoms with Crippen molar-refractivity contribution in [2.24, 2.45) is 5.92 Å². The SMILES string of the molecule is CCNC(c1cncc(OCC)c1)C(CC)CC. The fraction of sp³-hybridized carbons (Fsp3) is 0.667. The second-order valence-corrected chi connectivity index (χ2v) is 4.50. The molecule has 0 aliphatic heterocycles. The van der Waals surface area contributed by atoms with Crippen LogP contribution in [0.1, 0.15) is 52.1 Å². The average molecular weight is 250 g/mol. The molecule has 102 valence electrons. The summed E-state index contributed by atoms with van der Waals surface area (Å²) < 4.78 is 5.53. The third kappa shape index (κ3) is 3.98. The second kappa shape index (κ2) is 8.09. The van der Waals surface area contributed by atoms with Crippen LogP contribution >= 0.6 is 0 Å². The van der Waals surface area contributed by atoms with Gasteiger partial charge in [-0.05, 0) is 31.0 Å². The highest BCUT2D eigenvalue weighted by atomic mass is 16.5. The van der Waals surface area contributed by atoms with Gasteiger partial charge in [0.25, 0.3) is 0 Å². The van der Waals surface area contributed by atoms with Crippen LogP contribution in [-0.4, -0.2) is 18.1 Å². The molecule has 3 nitrogen and oxygen atoms in total. The Bertz CT molecular complexity index is 337. The fourth-order valence-corrected chi connectivity index (χ4v) is 2.39. The van der Waals surface area contributed by atoms with Crippen molar-refractivity contribution in [3.8, 4) is 5.75 Å². The lowest BCUT2D eigenvalue weighted by Gasteiger charge is -2.26. The van der Waals surface area contributed by atoms with E-state index in [1.807, 2.05) is 13.1 Å². The van der Waals surface area contributed by atoms with Crippen molar-refractivity contribution in [2.75, 3.05) is 13.2 Å². The minimum Gasteiger partial charge on any atom is -0.492 e. The average Bonchev–Trinajstić information content (AvgIpc) is 2.40. The van der Waals surface area contributed by atoms with Gasteiger partial charge >= 0.3 is 0 Å². The Morgan fingerprint density at radius 3 is 2.44 bits per heavy atom. The van der Waals surface area contributed by atoms with Crippen LogP contribution in [0.5, 0.6) is 5.75 Å². The summed E-state index contributed by atoms with van der Waals surface area (Å²) >= 11 is 0. The number of rotatable bonds is 8. The van der Waals surface area contributed by atoms with Gasteiger partial charge in [-0.25, -0.2) is 0 Å². The summed E-state index contributed by atoms with van der Waals surface area (Å²) in [5, 5.41) is 3.57. The monoisotopic (exact) mass is 250 g/mol. The first-order valence-corrected chi connectivity index (χ1v) is 7.07. The molecule has 18 heavy (non-hydrogen) atoms. The van der Waals surface area contributed by atoms with E-state index < -0.39 is 0 Å². The quantitative estimate of drug-likeness (QED) is 0.766. The molecule has 1 aromatic heterocycles. The zero-order chi connectivity index (χ0) is 13.4. The number of nitrogens with one attached hydrogen (secondary N) is 1. The molecule has 1 atom stereocenters.